The topological polar surface area (TPSA) is 75.3 Å². The van der Waals surface area contributed by atoms with E-state index in [0.29, 0.717) is 17.0 Å². The molecule has 1 aromatic carbocycles. The number of imidazole rings is 1. The Hall–Kier alpha value is -1.88. The normalized spacial score (nSPS) is 16.6. The Labute approximate surface area is 123 Å². The van der Waals surface area contributed by atoms with Crippen LogP contribution in [0.4, 0.5) is 0 Å². The van der Waals surface area contributed by atoms with Crippen molar-refractivity contribution in [2.75, 3.05) is 6.61 Å². The van der Waals surface area contributed by atoms with E-state index in [1.54, 1.807) is 12.1 Å². The van der Waals surface area contributed by atoms with Gasteiger partial charge in [-0.05, 0) is 30.9 Å². The molecular weight excluding hydrogens is 268 g/mol. The molecule has 1 aliphatic rings. The second-order valence-electron chi connectivity index (χ2n) is 6.09. The molecule has 0 aliphatic heterocycles. The lowest BCUT2D eigenvalue weighted by Crippen LogP contribution is -2.22. The van der Waals surface area contributed by atoms with Gasteiger partial charge in [0.2, 0.25) is 0 Å². The van der Waals surface area contributed by atoms with Gasteiger partial charge < -0.3 is 14.8 Å². The molecule has 1 fully saturated rings. The molecule has 3 rings (SSSR count). The van der Waals surface area contributed by atoms with Crippen LogP contribution in [0.15, 0.2) is 18.2 Å². The molecule has 0 bridgehead atoms. The highest BCUT2D eigenvalue weighted by Gasteiger charge is 2.33. The summed E-state index contributed by atoms with van der Waals surface area (Å²) >= 11 is 0. The Morgan fingerprint density at radius 2 is 2.14 bits per heavy atom. The zero-order chi connectivity index (χ0) is 15.1. The quantitative estimate of drug-likeness (QED) is 0.887. The number of hydrogen-bond acceptors (Lipinski definition) is 3. The number of rotatable bonds is 5. The van der Waals surface area contributed by atoms with Crippen molar-refractivity contribution in [1.29, 1.82) is 0 Å². The molecule has 0 spiro atoms. The molecule has 1 aromatic heterocycles. The maximum Gasteiger partial charge on any atom is 0.337 e. The van der Waals surface area contributed by atoms with E-state index in [9.17, 15) is 15.0 Å². The summed E-state index contributed by atoms with van der Waals surface area (Å²) in [7, 11) is 0. The number of fused-ring (bicyclic) bond motifs is 1. The summed E-state index contributed by atoms with van der Waals surface area (Å²) in [6.45, 7) is 4.05. The van der Waals surface area contributed by atoms with Crippen molar-refractivity contribution in [3.05, 3.63) is 29.6 Å². The maximum atomic E-state index is 11.5. The highest BCUT2D eigenvalue weighted by atomic mass is 16.4. The third-order valence-electron chi connectivity index (χ3n) is 4.20. The Bertz CT molecular complexity index is 686. The van der Waals surface area contributed by atoms with E-state index in [1.165, 1.54) is 0 Å². The minimum atomic E-state index is -0.954. The SMILES string of the molecule is CC(C)C(CO)n1c(C2CC2)nc2cccc(C(=O)O)c21. The highest BCUT2D eigenvalue weighted by Crippen LogP contribution is 2.43. The fourth-order valence-corrected chi connectivity index (χ4v) is 2.89. The number of aromatic nitrogens is 2. The summed E-state index contributed by atoms with van der Waals surface area (Å²) in [6.07, 6.45) is 2.17. The van der Waals surface area contributed by atoms with Crippen LogP contribution in [0.25, 0.3) is 11.0 Å². The fraction of sp³-hybridized carbons (Fsp3) is 0.500. The van der Waals surface area contributed by atoms with Gasteiger partial charge in [-0.3, -0.25) is 0 Å². The first-order chi connectivity index (χ1) is 10.0. The predicted molar refractivity (Wildman–Crippen MR) is 79.6 cm³/mol. The molecule has 112 valence electrons. The number of nitrogens with zero attached hydrogens (tertiary/aromatic N) is 2. The van der Waals surface area contributed by atoms with Crippen molar-refractivity contribution in [3.8, 4) is 0 Å². The van der Waals surface area contributed by atoms with E-state index in [-0.39, 0.29) is 24.1 Å². The van der Waals surface area contributed by atoms with Crippen LogP contribution in [-0.4, -0.2) is 32.3 Å². The molecule has 21 heavy (non-hydrogen) atoms. The van der Waals surface area contributed by atoms with Crippen LogP contribution in [0.2, 0.25) is 0 Å². The number of aliphatic hydroxyl groups excluding tert-OH is 1. The van der Waals surface area contributed by atoms with E-state index >= 15 is 0 Å². The largest absolute Gasteiger partial charge is 0.478 e. The second-order valence-corrected chi connectivity index (χ2v) is 6.09. The van der Waals surface area contributed by atoms with Crippen molar-refractivity contribution < 1.29 is 15.0 Å². The lowest BCUT2D eigenvalue weighted by molar-refractivity contribution is 0.0698. The Kier molecular flexibility index (Phi) is 3.45. The van der Waals surface area contributed by atoms with Crippen LogP contribution in [0.5, 0.6) is 0 Å². The second kappa shape index (κ2) is 5.15. The van der Waals surface area contributed by atoms with E-state index in [2.05, 4.69) is 4.98 Å². The molecule has 1 aliphatic carbocycles. The average Bonchev–Trinajstić information content (AvgIpc) is 3.21. The van der Waals surface area contributed by atoms with Crippen molar-refractivity contribution in [2.24, 2.45) is 5.92 Å². The summed E-state index contributed by atoms with van der Waals surface area (Å²) in [5, 5.41) is 19.2. The van der Waals surface area contributed by atoms with Crippen molar-refractivity contribution in [1.82, 2.24) is 9.55 Å². The van der Waals surface area contributed by atoms with Gasteiger partial charge >= 0.3 is 5.97 Å². The number of aromatic carboxylic acids is 1. The molecule has 0 amide bonds. The monoisotopic (exact) mass is 288 g/mol. The number of hydrogen-bond donors (Lipinski definition) is 2. The van der Waals surface area contributed by atoms with Crippen LogP contribution < -0.4 is 0 Å². The summed E-state index contributed by atoms with van der Waals surface area (Å²) in [4.78, 5) is 16.2. The van der Waals surface area contributed by atoms with E-state index < -0.39 is 5.97 Å². The summed E-state index contributed by atoms with van der Waals surface area (Å²) < 4.78 is 1.97. The van der Waals surface area contributed by atoms with E-state index in [0.717, 1.165) is 18.7 Å². The molecule has 1 atom stereocenters. The number of carbonyl (C=O) groups is 1. The van der Waals surface area contributed by atoms with Gasteiger partial charge in [0.15, 0.2) is 0 Å². The molecule has 5 heteroatoms. The number of aliphatic hydroxyl groups is 1. The molecule has 1 unspecified atom stereocenters. The minimum absolute atomic E-state index is 0.0171. The van der Waals surface area contributed by atoms with E-state index in [1.807, 2.05) is 24.5 Å². The van der Waals surface area contributed by atoms with Crippen LogP contribution in [-0.2, 0) is 0 Å². The number of carboxylic acids is 1. The van der Waals surface area contributed by atoms with Gasteiger partial charge in [0, 0.05) is 5.92 Å². The highest BCUT2D eigenvalue weighted by molar-refractivity contribution is 6.01. The molecule has 2 N–H and O–H groups in total. The predicted octanol–water partition coefficient (Wildman–Crippen LogP) is 2.80. The number of para-hydroxylation sites is 1. The van der Waals surface area contributed by atoms with Crippen molar-refractivity contribution in [3.63, 3.8) is 0 Å². The molecule has 0 saturated heterocycles. The first kappa shape index (κ1) is 14.1. The summed E-state index contributed by atoms with van der Waals surface area (Å²) in [5.41, 5.74) is 1.60. The number of benzene rings is 1. The van der Waals surface area contributed by atoms with Gasteiger partial charge in [0.05, 0.1) is 29.2 Å². The first-order valence-electron chi connectivity index (χ1n) is 7.39. The molecule has 1 heterocycles. The smallest absolute Gasteiger partial charge is 0.337 e. The number of carboxylic acid groups (broad SMARTS) is 1. The lowest BCUT2D eigenvalue weighted by Gasteiger charge is -2.23. The van der Waals surface area contributed by atoms with E-state index in [4.69, 9.17) is 0 Å². The Balaban J connectivity index is 2.31. The van der Waals surface area contributed by atoms with Gasteiger partial charge in [-0.1, -0.05) is 19.9 Å². The Morgan fingerprint density at radius 1 is 1.43 bits per heavy atom. The van der Waals surface area contributed by atoms with Crippen LogP contribution >= 0.6 is 0 Å². The summed E-state index contributed by atoms with van der Waals surface area (Å²) in [6, 6.07) is 5.03. The third kappa shape index (κ3) is 2.31. The standard InChI is InChI=1S/C16H20N2O3/c1-9(2)13(8-19)18-14-11(16(20)21)4-3-5-12(14)17-15(18)10-6-7-10/h3-5,9-10,13,19H,6-8H2,1-2H3,(H,20,21). The molecule has 2 aromatic rings. The zero-order valence-electron chi connectivity index (χ0n) is 12.3. The minimum Gasteiger partial charge on any atom is -0.478 e. The van der Waals surface area contributed by atoms with Gasteiger partial charge in [0.1, 0.15) is 5.82 Å². The lowest BCUT2D eigenvalue weighted by atomic mass is 10.0. The summed E-state index contributed by atoms with van der Waals surface area (Å²) in [5.74, 6) is 0.564. The fourth-order valence-electron chi connectivity index (χ4n) is 2.89. The molecule has 1 saturated carbocycles. The third-order valence-corrected chi connectivity index (χ3v) is 4.20. The van der Waals surface area contributed by atoms with Gasteiger partial charge in [-0.15, -0.1) is 0 Å². The van der Waals surface area contributed by atoms with Gasteiger partial charge in [-0.2, -0.15) is 0 Å². The van der Waals surface area contributed by atoms with Crippen LogP contribution in [0.3, 0.4) is 0 Å². The molecule has 5 nitrogen and oxygen atoms in total. The van der Waals surface area contributed by atoms with Gasteiger partial charge in [0.25, 0.3) is 0 Å². The van der Waals surface area contributed by atoms with Gasteiger partial charge in [-0.25, -0.2) is 9.78 Å². The maximum absolute atomic E-state index is 11.5. The first-order valence-corrected chi connectivity index (χ1v) is 7.39. The van der Waals surface area contributed by atoms with Crippen LogP contribution in [0.1, 0.15) is 54.8 Å². The van der Waals surface area contributed by atoms with Crippen molar-refractivity contribution >= 4 is 17.0 Å². The average molecular weight is 288 g/mol. The van der Waals surface area contributed by atoms with Crippen LogP contribution in [0, 0.1) is 5.92 Å². The zero-order valence-corrected chi connectivity index (χ0v) is 12.3. The molecule has 0 radical (unpaired) electrons. The Morgan fingerprint density at radius 3 is 2.67 bits per heavy atom. The van der Waals surface area contributed by atoms with Crippen molar-refractivity contribution in [2.45, 2.75) is 38.6 Å². The molecular formula is C16H20N2O3.